The first-order valence-electron chi connectivity index (χ1n) is 14.0. The zero-order valence-corrected chi connectivity index (χ0v) is 23.9. The predicted molar refractivity (Wildman–Crippen MR) is 152 cm³/mol. The molecule has 1 N–H and O–H groups in total. The number of carbonyl (C=O) groups is 2. The molecule has 4 rings (SSSR count). The maximum atomic E-state index is 13.5. The zero-order chi connectivity index (χ0) is 28.6. The summed E-state index contributed by atoms with van der Waals surface area (Å²) in [4.78, 5) is 30.7. The standard InChI is InChI=1S/C31H40N2O7/c1-5-7-16-40-25-11-8-22(20-26(25)37-4)28-27(29(34)23-9-10-24(39-6-2)21(3)19-23)30(35)31(36)33(28)13-12-32-14-17-38-18-15-32/h8-11,19-20,28,34H,5-7,12-18H2,1-4H3. The van der Waals surface area contributed by atoms with Gasteiger partial charge in [0.1, 0.15) is 11.5 Å². The molecule has 0 bridgehead atoms. The smallest absolute Gasteiger partial charge is 0.295 e. The van der Waals surface area contributed by atoms with E-state index in [-0.39, 0.29) is 11.3 Å². The highest BCUT2D eigenvalue weighted by Gasteiger charge is 2.46. The van der Waals surface area contributed by atoms with E-state index in [1.165, 1.54) is 0 Å². The first kappa shape index (κ1) is 29.4. The van der Waals surface area contributed by atoms with Crippen molar-refractivity contribution in [3.05, 3.63) is 58.7 Å². The van der Waals surface area contributed by atoms with E-state index in [0.29, 0.717) is 67.9 Å². The normalized spacial score (nSPS) is 19.2. The van der Waals surface area contributed by atoms with Gasteiger partial charge >= 0.3 is 0 Å². The van der Waals surface area contributed by atoms with Gasteiger partial charge in [-0.3, -0.25) is 14.5 Å². The Kier molecular flexibility index (Phi) is 10.1. The van der Waals surface area contributed by atoms with E-state index in [0.717, 1.165) is 31.5 Å². The summed E-state index contributed by atoms with van der Waals surface area (Å²) >= 11 is 0. The number of hydrogen-bond donors (Lipinski definition) is 1. The Hall–Kier alpha value is -3.56. The number of aliphatic hydroxyl groups excluding tert-OH is 1. The third-order valence-electron chi connectivity index (χ3n) is 7.31. The van der Waals surface area contributed by atoms with E-state index in [1.807, 2.05) is 19.9 Å². The van der Waals surface area contributed by atoms with E-state index in [9.17, 15) is 14.7 Å². The molecule has 1 atom stereocenters. The largest absolute Gasteiger partial charge is 0.507 e. The molecule has 2 aliphatic heterocycles. The van der Waals surface area contributed by atoms with Crippen molar-refractivity contribution in [2.75, 3.05) is 59.7 Å². The summed E-state index contributed by atoms with van der Waals surface area (Å²) in [5.41, 5.74) is 1.98. The highest BCUT2D eigenvalue weighted by molar-refractivity contribution is 6.46. The van der Waals surface area contributed by atoms with Crippen LogP contribution in [0.1, 0.15) is 49.4 Å². The van der Waals surface area contributed by atoms with E-state index in [4.69, 9.17) is 18.9 Å². The van der Waals surface area contributed by atoms with Gasteiger partial charge in [0.25, 0.3) is 11.7 Å². The SMILES string of the molecule is CCCCOc1ccc(C2C(=C(O)c3ccc(OCC)c(C)c3)C(=O)C(=O)N2CCN2CCOCC2)cc1OC. The van der Waals surface area contributed by atoms with Gasteiger partial charge in [0.2, 0.25) is 0 Å². The van der Waals surface area contributed by atoms with Crippen LogP contribution < -0.4 is 14.2 Å². The van der Waals surface area contributed by atoms with Crippen LogP contribution in [0.3, 0.4) is 0 Å². The molecule has 0 aliphatic carbocycles. The minimum absolute atomic E-state index is 0.0530. The minimum atomic E-state index is -0.786. The maximum Gasteiger partial charge on any atom is 0.295 e. The molecule has 0 spiro atoms. The van der Waals surface area contributed by atoms with Gasteiger partial charge in [-0.05, 0) is 61.7 Å². The van der Waals surface area contributed by atoms with Crippen LogP contribution >= 0.6 is 0 Å². The third-order valence-corrected chi connectivity index (χ3v) is 7.31. The predicted octanol–water partition coefficient (Wildman–Crippen LogP) is 4.34. The van der Waals surface area contributed by atoms with E-state index >= 15 is 0 Å². The maximum absolute atomic E-state index is 13.5. The molecule has 2 aromatic carbocycles. The van der Waals surface area contributed by atoms with Gasteiger partial charge in [-0.1, -0.05) is 19.4 Å². The molecule has 1 amide bonds. The minimum Gasteiger partial charge on any atom is -0.507 e. The lowest BCUT2D eigenvalue weighted by molar-refractivity contribution is -0.140. The number of rotatable bonds is 12. The first-order chi connectivity index (χ1) is 19.4. The van der Waals surface area contributed by atoms with Crippen LogP contribution in [0.25, 0.3) is 5.76 Å². The van der Waals surface area contributed by atoms with Crippen LogP contribution in [0.4, 0.5) is 0 Å². The number of aryl methyl sites for hydroxylation is 1. The Morgan fingerprint density at radius 2 is 1.75 bits per heavy atom. The number of ketones is 1. The number of ether oxygens (including phenoxy) is 4. The van der Waals surface area contributed by atoms with Crippen molar-refractivity contribution >= 4 is 17.4 Å². The lowest BCUT2D eigenvalue weighted by atomic mass is 9.94. The number of aliphatic hydroxyl groups is 1. The lowest BCUT2D eigenvalue weighted by Gasteiger charge is -2.31. The fourth-order valence-electron chi connectivity index (χ4n) is 5.10. The number of morpholine rings is 1. The number of benzene rings is 2. The Balaban J connectivity index is 1.75. The molecule has 2 saturated heterocycles. The molecule has 2 aromatic rings. The zero-order valence-electron chi connectivity index (χ0n) is 23.9. The lowest BCUT2D eigenvalue weighted by Crippen LogP contribution is -2.42. The van der Waals surface area contributed by atoms with Gasteiger partial charge in [-0.25, -0.2) is 0 Å². The molecule has 0 radical (unpaired) electrons. The Bertz CT molecular complexity index is 1240. The van der Waals surface area contributed by atoms with Crippen LogP contribution in [0.5, 0.6) is 17.2 Å². The van der Waals surface area contributed by atoms with Crippen LogP contribution in [0.15, 0.2) is 42.0 Å². The van der Waals surface area contributed by atoms with Gasteiger partial charge in [0, 0.05) is 31.7 Å². The van der Waals surface area contributed by atoms with Gasteiger partial charge in [-0.2, -0.15) is 0 Å². The summed E-state index contributed by atoms with van der Waals surface area (Å²) in [7, 11) is 1.56. The first-order valence-corrected chi connectivity index (χ1v) is 14.0. The third kappa shape index (κ3) is 6.42. The molecule has 9 nitrogen and oxygen atoms in total. The number of unbranched alkanes of at least 4 members (excludes halogenated alkanes) is 1. The van der Waals surface area contributed by atoms with Crippen molar-refractivity contribution in [1.82, 2.24) is 9.80 Å². The van der Waals surface area contributed by atoms with Crippen molar-refractivity contribution in [1.29, 1.82) is 0 Å². The van der Waals surface area contributed by atoms with Crippen LogP contribution in [0.2, 0.25) is 0 Å². The molecule has 2 aliphatic rings. The number of amides is 1. The summed E-state index contributed by atoms with van der Waals surface area (Å²) in [5, 5.41) is 11.5. The monoisotopic (exact) mass is 552 g/mol. The average molecular weight is 553 g/mol. The van der Waals surface area contributed by atoms with Crippen LogP contribution in [0, 0.1) is 6.92 Å². The van der Waals surface area contributed by atoms with Crippen molar-refractivity contribution in [3.63, 3.8) is 0 Å². The number of likely N-dealkylation sites (tertiary alicyclic amines) is 1. The van der Waals surface area contributed by atoms with E-state index < -0.39 is 17.7 Å². The highest BCUT2D eigenvalue weighted by atomic mass is 16.5. The molecule has 2 fully saturated rings. The van der Waals surface area contributed by atoms with Gasteiger partial charge in [0.15, 0.2) is 11.5 Å². The number of hydrogen-bond acceptors (Lipinski definition) is 8. The fourth-order valence-corrected chi connectivity index (χ4v) is 5.10. The number of Topliss-reactive ketones (excluding diaryl/α,β-unsaturated/α-hetero) is 1. The molecular formula is C31H40N2O7. The summed E-state index contributed by atoms with van der Waals surface area (Å²) in [6.07, 6.45) is 1.91. The summed E-state index contributed by atoms with van der Waals surface area (Å²) in [6.45, 7) is 10.6. The Labute approximate surface area is 236 Å². The molecular weight excluding hydrogens is 512 g/mol. The van der Waals surface area contributed by atoms with Crippen molar-refractivity contribution in [2.24, 2.45) is 0 Å². The quantitative estimate of drug-likeness (QED) is 0.180. The molecule has 0 saturated carbocycles. The van der Waals surface area contributed by atoms with E-state index in [1.54, 1.807) is 42.3 Å². The van der Waals surface area contributed by atoms with Crippen LogP contribution in [-0.4, -0.2) is 86.3 Å². The molecule has 40 heavy (non-hydrogen) atoms. The second kappa shape index (κ2) is 13.7. The fraction of sp³-hybridized carbons (Fsp3) is 0.484. The summed E-state index contributed by atoms with van der Waals surface area (Å²) in [5.74, 6) is 0.231. The Morgan fingerprint density at radius 1 is 1.00 bits per heavy atom. The second-order valence-electron chi connectivity index (χ2n) is 9.97. The number of carbonyl (C=O) groups excluding carboxylic acids is 2. The van der Waals surface area contributed by atoms with Gasteiger partial charge in [0.05, 0.1) is 45.2 Å². The average Bonchev–Trinajstić information content (AvgIpc) is 3.22. The highest BCUT2D eigenvalue weighted by Crippen LogP contribution is 2.42. The van der Waals surface area contributed by atoms with Crippen molar-refractivity contribution < 1.29 is 33.6 Å². The number of nitrogens with zero attached hydrogens (tertiary/aromatic N) is 2. The number of methoxy groups -OCH3 is 1. The Morgan fingerprint density at radius 3 is 2.42 bits per heavy atom. The summed E-state index contributed by atoms with van der Waals surface area (Å²) in [6, 6.07) is 9.87. The van der Waals surface area contributed by atoms with Crippen LogP contribution in [-0.2, 0) is 14.3 Å². The topological polar surface area (TPSA) is 97.8 Å². The van der Waals surface area contributed by atoms with Gasteiger partial charge in [-0.15, -0.1) is 0 Å². The van der Waals surface area contributed by atoms with Crippen molar-refractivity contribution in [2.45, 2.75) is 39.7 Å². The molecule has 2 heterocycles. The molecule has 1 unspecified atom stereocenters. The summed E-state index contributed by atoms with van der Waals surface area (Å²) < 4.78 is 22.6. The second-order valence-corrected chi connectivity index (χ2v) is 9.97. The molecule has 216 valence electrons. The van der Waals surface area contributed by atoms with Crippen molar-refractivity contribution in [3.8, 4) is 17.2 Å². The molecule has 9 heteroatoms. The van der Waals surface area contributed by atoms with Gasteiger partial charge < -0.3 is 29.0 Å². The molecule has 0 aromatic heterocycles. The van der Waals surface area contributed by atoms with E-state index in [2.05, 4.69) is 11.8 Å².